The van der Waals surface area contributed by atoms with Gasteiger partial charge in [-0.3, -0.25) is 0 Å². The number of rotatable bonds is 3. The third kappa shape index (κ3) is 3.16. The van der Waals surface area contributed by atoms with Gasteiger partial charge >= 0.3 is 0 Å². The number of nitrogens with two attached hydrogens (primary N) is 1. The van der Waals surface area contributed by atoms with Crippen LogP contribution < -0.4 is 15.5 Å². The summed E-state index contributed by atoms with van der Waals surface area (Å²) in [5.74, 6) is 2.04. The SMILES string of the molecule is NCc1ccc(N2CCN(c3ncccc3Br)CC2)nc1. The van der Waals surface area contributed by atoms with Crippen LogP contribution in [0.1, 0.15) is 5.56 Å². The lowest BCUT2D eigenvalue weighted by Crippen LogP contribution is -2.47. The van der Waals surface area contributed by atoms with Gasteiger partial charge in [-0.25, -0.2) is 9.97 Å². The third-order valence-electron chi connectivity index (χ3n) is 3.69. The van der Waals surface area contributed by atoms with Crippen LogP contribution in [0.4, 0.5) is 11.6 Å². The number of anilines is 2. The molecule has 0 spiro atoms. The van der Waals surface area contributed by atoms with Crippen LogP contribution >= 0.6 is 15.9 Å². The highest BCUT2D eigenvalue weighted by molar-refractivity contribution is 9.10. The Labute approximate surface area is 132 Å². The van der Waals surface area contributed by atoms with Gasteiger partial charge in [0.05, 0.1) is 4.47 Å². The smallest absolute Gasteiger partial charge is 0.142 e. The molecule has 1 aliphatic heterocycles. The minimum absolute atomic E-state index is 0.536. The maximum absolute atomic E-state index is 5.60. The number of halogens is 1. The highest BCUT2D eigenvalue weighted by Crippen LogP contribution is 2.24. The number of pyridine rings is 2. The summed E-state index contributed by atoms with van der Waals surface area (Å²) < 4.78 is 1.05. The fourth-order valence-electron chi connectivity index (χ4n) is 2.48. The molecule has 0 radical (unpaired) electrons. The molecule has 0 aromatic carbocycles. The first-order valence-corrected chi connectivity index (χ1v) is 7.82. The summed E-state index contributed by atoms with van der Waals surface area (Å²) in [4.78, 5) is 13.5. The second kappa shape index (κ2) is 6.41. The maximum atomic E-state index is 5.60. The molecule has 3 heterocycles. The molecule has 0 saturated carbocycles. The molecule has 1 fully saturated rings. The van der Waals surface area contributed by atoms with Crippen molar-refractivity contribution in [3.8, 4) is 0 Å². The molecule has 1 aliphatic rings. The standard InChI is InChI=1S/C15H18BrN5/c16-13-2-1-5-18-15(13)21-8-6-20(7-9-21)14-4-3-12(10-17)11-19-14/h1-5,11H,6-10,17H2. The summed E-state index contributed by atoms with van der Waals surface area (Å²) in [7, 11) is 0. The fourth-order valence-corrected chi connectivity index (χ4v) is 2.99. The van der Waals surface area contributed by atoms with E-state index in [-0.39, 0.29) is 0 Å². The van der Waals surface area contributed by atoms with Crippen molar-refractivity contribution in [2.75, 3.05) is 36.0 Å². The van der Waals surface area contributed by atoms with E-state index in [0.717, 1.165) is 47.9 Å². The second-order valence-electron chi connectivity index (χ2n) is 5.01. The largest absolute Gasteiger partial charge is 0.353 e. The zero-order valence-corrected chi connectivity index (χ0v) is 13.3. The van der Waals surface area contributed by atoms with Crippen LogP contribution in [0.3, 0.4) is 0 Å². The van der Waals surface area contributed by atoms with Gasteiger partial charge in [-0.1, -0.05) is 6.07 Å². The highest BCUT2D eigenvalue weighted by Gasteiger charge is 2.20. The molecule has 2 N–H and O–H groups in total. The zero-order valence-electron chi connectivity index (χ0n) is 11.7. The Hall–Kier alpha value is -1.66. The van der Waals surface area contributed by atoms with Crippen molar-refractivity contribution in [1.82, 2.24) is 9.97 Å². The Balaban J connectivity index is 1.66. The summed E-state index contributed by atoms with van der Waals surface area (Å²) in [6.45, 7) is 4.30. The summed E-state index contributed by atoms with van der Waals surface area (Å²) in [6.07, 6.45) is 3.69. The first-order chi connectivity index (χ1) is 10.3. The van der Waals surface area contributed by atoms with Gasteiger partial charge in [0.1, 0.15) is 11.6 Å². The molecule has 0 unspecified atom stereocenters. The van der Waals surface area contributed by atoms with Crippen LogP contribution in [-0.4, -0.2) is 36.1 Å². The van der Waals surface area contributed by atoms with E-state index in [9.17, 15) is 0 Å². The number of hydrogen-bond donors (Lipinski definition) is 1. The lowest BCUT2D eigenvalue weighted by Gasteiger charge is -2.36. The number of hydrogen-bond acceptors (Lipinski definition) is 5. The van der Waals surface area contributed by atoms with E-state index in [1.54, 1.807) is 0 Å². The average molecular weight is 348 g/mol. The lowest BCUT2D eigenvalue weighted by atomic mass is 10.2. The molecule has 0 bridgehead atoms. The van der Waals surface area contributed by atoms with Gasteiger partial charge in [-0.2, -0.15) is 0 Å². The van der Waals surface area contributed by atoms with E-state index in [1.807, 2.05) is 30.6 Å². The van der Waals surface area contributed by atoms with Gasteiger partial charge in [0.2, 0.25) is 0 Å². The average Bonchev–Trinajstić information content (AvgIpc) is 2.56. The van der Waals surface area contributed by atoms with E-state index in [4.69, 9.17) is 5.73 Å². The van der Waals surface area contributed by atoms with Crippen LogP contribution in [-0.2, 0) is 6.54 Å². The van der Waals surface area contributed by atoms with Crippen molar-refractivity contribution < 1.29 is 0 Å². The van der Waals surface area contributed by atoms with Gasteiger partial charge in [-0.15, -0.1) is 0 Å². The molecular formula is C15H18BrN5. The number of nitrogens with zero attached hydrogens (tertiary/aromatic N) is 4. The van der Waals surface area contributed by atoms with Crippen molar-refractivity contribution in [2.45, 2.75) is 6.54 Å². The van der Waals surface area contributed by atoms with Gasteiger partial charge in [0, 0.05) is 45.1 Å². The molecule has 21 heavy (non-hydrogen) atoms. The van der Waals surface area contributed by atoms with Crippen molar-refractivity contribution in [1.29, 1.82) is 0 Å². The molecular weight excluding hydrogens is 330 g/mol. The summed E-state index contributed by atoms with van der Waals surface area (Å²) in [5, 5.41) is 0. The highest BCUT2D eigenvalue weighted by atomic mass is 79.9. The molecule has 6 heteroatoms. The maximum Gasteiger partial charge on any atom is 0.142 e. The molecule has 3 rings (SSSR count). The van der Waals surface area contributed by atoms with E-state index >= 15 is 0 Å². The number of aromatic nitrogens is 2. The topological polar surface area (TPSA) is 58.3 Å². The van der Waals surface area contributed by atoms with Crippen molar-refractivity contribution in [2.24, 2.45) is 5.73 Å². The predicted molar refractivity (Wildman–Crippen MR) is 88.5 cm³/mol. The van der Waals surface area contributed by atoms with Crippen LogP contribution in [0.25, 0.3) is 0 Å². The van der Waals surface area contributed by atoms with Crippen LogP contribution in [0.15, 0.2) is 41.1 Å². The van der Waals surface area contributed by atoms with Gasteiger partial charge in [0.15, 0.2) is 0 Å². The Bertz CT molecular complexity index is 593. The quantitative estimate of drug-likeness (QED) is 0.920. The normalized spacial score (nSPS) is 15.3. The van der Waals surface area contributed by atoms with E-state index in [0.29, 0.717) is 6.54 Å². The van der Waals surface area contributed by atoms with E-state index in [2.05, 4.69) is 41.8 Å². The molecule has 0 amide bonds. The molecule has 2 aromatic heterocycles. The van der Waals surface area contributed by atoms with Crippen LogP contribution in [0.5, 0.6) is 0 Å². The summed E-state index contributed by atoms with van der Waals surface area (Å²) >= 11 is 3.57. The van der Waals surface area contributed by atoms with Gasteiger partial charge < -0.3 is 15.5 Å². The van der Waals surface area contributed by atoms with Crippen molar-refractivity contribution in [3.05, 3.63) is 46.7 Å². The molecule has 5 nitrogen and oxygen atoms in total. The fraction of sp³-hybridized carbons (Fsp3) is 0.333. The van der Waals surface area contributed by atoms with E-state index in [1.165, 1.54) is 0 Å². The Morgan fingerprint density at radius 2 is 1.81 bits per heavy atom. The Morgan fingerprint density at radius 3 is 2.43 bits per heavy atom. The summed E-state index contributed by atoms with van der Waals surface area (Å²) in [6, 6.07) is 8.06. The van der Waals surface area contributed by atoms with E-state index < -0.39 is 0 Å². The van der Waals surface area contributed by atoms with Crippen molar-refractivity contribution >= 4 is 27.6 Å². The third-order valence-corrected chi connectivity index (χ3v) is 4.31. The monoisotopic (exact) mass is 347 g/mol. The minimum atomic E-state index is 0.536. The molecule has 0 aliphatic carbocycles. The molecule has 1 saturated heterocycles. The Morgan fingerprint density at radius 1 is 1.05 bits per heavy atom. The minimum Gasteiger partial charge on any atom is -0.353 e. The van der Waals surface area contributed by atoms with Crippen LogP contribution in [0.2, 0.25) is 0 Å². The predicted octanol–water partition coefficient (Wildman–Crippen LogP) is 2.02. The van der Waals surface area contributed by atoms with Crippen molar-refractivity contribution in [3.63, 3.8) is 0 Å². The van der Waals surface area contributed by atoms with Gasteiger partial charge in [0.25, 0.3) is 0 Å². The van der Waals surface area contributed by atoms with Gasteiger partial charge in [-0.05, 0) is 39.7 Å². The molecule has 0 atom stereocenters. The number of piperazine rings is 1. The molecule has 110 valence electrons. The Kier molecular flexibility index (Phi) is 4.36. The molecule has 2 aromatic rings. The lowest BCUT2D eigenvalue weighted by molar-refractivity contribution is 0.640. The first kappa shape index (κ1) is 14.3. The first-order valence-electron chi connectivity index (χ1n) is 7.03. The second-order valence-corrected chi connectivity index (χ2v) is 5.87. The zero-order chi connectivity index (χ0) is 14.7. The van der Waals surface area contributed by atoms with Crippen LogP contribution in [0, 0.1) is 0 Å². The summed E-state index contributed by atoms with van der Waals surface area (Å²) in [5.41, 5.74) is 6.67.